The Balaban J connectivity index is 1.90. The van der Waals surface area contributed by atoms with Gasteiger partial charge in [0, 0.05) is 26.4 Å². The van der Waals surface area contributed by atoms with Crippen molar-refractivity contribution in [2.75, 3.05) is 19.7 Å². The van der Waals surface area contributed by atoms with Crippen molar-refractivity contribution in [1.82, 2.24) is 4.90 Å². The van der Waals surface area contributed by atoms with Crippen LogP contribution in [0.5, 0.6) is 0 Å². The highest BCUT2D eigenvalue weighted by atomic mass is 16.6. The predicted octanol–water partition coefficient (Wildman–Crippen LogP) is 6.69. The Kier molecular flexibility index (Phi) is 17.2. The van der Waals surface area contributed by atoms with Gasteiger partial charge in [-0.2, -0.15) is 0 Å². The van der Waals surface area contributed by atoms with E-state index in [2.05, 4.69) is 12.1 Å². The van der Waals surface area contributed by atoms with Crippen LogP contribution in [0, 0.1) is 5.92 Å². The third-order valence-electron chi connectivity index (χ3n) is 6.39. The van der Waals surface area contributed by atoms with Gasteiger partial charge in [-0.15, -0.1) is 0 Å². The summed E-state index contributed by atoms with van der Waals surface area (Å²) in [5, 5.41) is 3.65. The summed E-state index contributed by atoms with van der Waals surface area (Å²) >= 11 is 0. The number of ketones is 1. The van der Waals surface area contributed by atoms with Gasteiger partial charge in [-0.3, -0.25) is 9.59 Å². The lowest BCUT2D eigenvalue weighted by Gasteiger charge is -2.32. The number of oxime groups is 1. The number of nitrogens with zero attached hydrogens (tertiary/aromatic N) is 2. The third kappa shape index (κ3) is 16.0. The van der Waals surface area contributed by atoms with E-state index < -0.39 is 0 Å². The second-order valence-corrected chi connectivity index (χ2v) is 9.28. The monoisotopic (exact) mass is 436 g/mol. The molecule has 0 aliphatic carbocycles. The Labute approximate surface area is 191 Å². The van der Waals surface area contributed by atoms with Crippen molar-refractivity contribution < 1.29 is 14.4 Å². The number of carbonyl (C=O) groups is 2. The van der Waals surface area contributed by atoms with Gasteiger partial charge in [-0.25, -0.2) is 0 Å². The summed E-state index contributed by atoms with van der Waals surface area (Å²) in [5.41, 5.74) is 0. The molecule has 0 atom stereocenters. The topological polar surface area (TPSA) is 59.0 Å². The number of carbonyl (C=O) groups excluding carboxylic acids is 2. The van der Waals surface area contributed by atoms with E-state index in [0.717, 1.165) is 38.8 Å². The molecule has 1 rings (SSSR count). The second-order valence-electron chi connectivity index (χ2n) is 9.28. The van der Waals surface area contributed by atoms with E-state index in [-0.39, 0.29) is 5.78 Å². The second kappa shape index (κ2) is 19.3. The molecule has 0 aromatic heterocycles. The summed E-state index contributed by atoms with van der Waals surface area (Å²) in [5.74, 6) is 0.826. The largest absolute Gasteiger partial charge is 0.396 e. The number of piperidine rings is 1. The van der Waals surface area contributed by atoms with Crippen molar-refractivity contribution in [3.63, 3.8) is 0 Å². The zero-order chi connectivity index (χ0) is 22.6. The Morgan fingerprint density at radius 3 is 1.90 bits per heavy atom. The van der Waals surface area contributed by atoms with Crippen LogP contribution in [0.25, 0.3) is 0 Å². The van der Waals surface area contributed by atoms with Gasteiger partial charge >= 0.3 is 0 Å². The summed E-state index contributed by atoms with van der Waals surface area (Å²) in [7, 11) is 0. The molecule has 31 heavy (non-hydrogen) atoms. The fraction of sp³-hybridized carbons (Fsp3) is 0.885. The van der Waals surface area contributed by atoms with E-state index in [9.17, 15) is 9.59 Å². The molecule has 0 saturated carbocycles. The highest BCUT2D eigenvalue weighted by Gasteiger charge is 2.22. The van der Waals surface area contributed by atoms with Gasteiger partial charge in [-0.05, 0) is 31.6 Å². The molecule has 1 aliphatic rings. The van der Waals surface area contributed by atoms with Crippen LogP contribution < -0.4 is 0 Å². The molecule has 0 aromatic carbocycles. The highest BCUT2D eigenvalue weighted by Crippen LogP contribution is 2.21. The average Bonchev–Trinajstić information content (AvgIpc) is 2.76. The summed E-state index contributed by atoms with van der Waals surface area (Å²) in [4.78, 5) is 30.3. The molecule has 0 bridgehead atoms. The van der Waals surface area contributed by atoms with E-state index in [0.29, 0.717) is 24.9 Å². The van der Waals surface area contributed by atoms with Gasteiger partial charge in [0.25, 0.3) is 0 Å². The first-order chi connectivity index (χ1) is 15.1. The van der Waals surface area contributed by atoms with Gasteiger partial charge in [0.15, 0.2) is 5.78 Å². The van der Waals surface area contributed by atoms with E-state index in [1.807, 2.05) is 4.90 Å². The molecule has 1 fully saturated rings. The minimum absolute atomic E-state index is 0.102. The highest BCUT2D eigenvalue weighted by molar-refractivity contribution is 6.26. The van der Waals surface area contributed by atoms with Gasteiger partial charge in [0.05, 0.1) is 0 Å². The molecule has 0 radical (unpaired) electrons. The Morgan fingerprint density at radius 2 is 1.39 bits per heavy atom. The van der Waals surface area contributed by atoms with Crippen molar-refractivity contribution in [3.8, 4) is 0 Å². The van der Waals surface area contributed by atoms with Crippen LogP contribution >= 0.6 is 0 Å². The minimum atomic E-state index is -0.102. The SMILES string of the molecule is CCCCCCCCCCCCCCCC(=O)N1CCC(CCO/N=C/C(C)=O)CC1. The van der Waals surface area contributed by atoms with Crippen molar-refractivity contribution in [2.24, 2.45) is 11.1 Å². The molecule has 0 spiro atoms. The van der Waals surface area contributed by atoms with Gasteiger partial charge in [0.1, 0.15) is 12.8 Å². The lowest BCUT2D eigenvalue weighted by Crippen LogP contribution is -2.38. The third-order valence-corrected chi connectivity index (χ3v) is 6.39. The number of amides is 1. The Morgan fingerprint density at radius 1 is 0.871 bits per heavy atom. The first-order valence-electron chi connectivity index (χ1n) is 13.1. The Bertz CT molecular complexity index is 485. The first kappa shape index (κ1) is 27.6. The van der Waals surface area contributed by atoms with E-state index in [1.165, 1.54) is 90.2 Å². The molecular weight excluding hydrogens is 388 g/mol. The smallest absolute Gasteiger partial charge is 0.222 e. The Hall–Kier alpha value is -1.39. The fourth-order valence-electron chi connectivity index (χ4n) is 4.31. The molecule has 0 aromatic rings. The lowest BCUT2D eigenvalue weighted by molar-refractivity contribution is -0.132. The van der Waals surface area contributed by atoms with Crippen LogP contribution in [0.2, 0.25) is 0 Å². The minimum Gasteiger partial charge on any atom is -0.396 e. The average molecular weight is 437 g/mol. The number of hydrogen-bond acceptors (Lipinski definition) is 4. The van der Waals surface area contributed by atoms with Crippen molar-refractivity contribution >= 4 is 17.9 Å². The molecule has 180 valence electrons. The van der Waals surface area contributed by atoms with E-state index in [1.54, 1.807) is 0 Å². The number of unbranched alkanes of at least 4 members (excludes halogenated alkanes) is 12. The van der Waals surface area contributed by atoms with Crippen molar-refractivity contribution in [2.45, 2.75) is 123 Å². The molecular formula is C26H48N2O3. The van der Waals surface area contributed by atoms with Crippen LogP contribution in [0.3, 0.4) is 0 Å². The number of Topliss-reactive ketones (excluding diaryl/α,β-unsaturated/α-hetero) is 1. The van der Waals surface area contributed by atoms with Gasteiger partial charge in [-0.1, -0.05) is 89.1 Å². The van der Waals surface area contributed by atoms with Crippen molar-refractivity contribution in [3.05, 3.63) is 0 Å². The normalized spacial score (nSPS) is 15.0. The molecule has 0 N–H and O–H groups in total. The van der Waals surface area contributed by atoms with Crippen molar-refractivity contribution in [1.29, 1.82) is 0 Å². The van der Waals surface area contributed by atoms with Crippen LogP contribution in [0.4, 0.5) is 0 Å². The molecule has 5 heteroatoms. The maximum atomic E-state index is 12.4. The first-order valence-corrected chi connectivity index (χ1v) is 13.1. The summed E-state index contributed by atoms with van der Waals surface area (Å²) in [6, 6.07) is 0. The zero-order valence-electron chi connectivity index (χ0n) is 20.4. The summed E-state index contributed by atoms with van der Waals surface area (Å²) < 4.78 is 0. The van der Waals surface area contributed by atoms with Crippen LogP contribution in [0.15, 0.2) is 5.16 Å². The van der Waals surface area contributed by atoms with Gasteiger partial charge in [0.2, 0.25) is 5.91 Å². The molecule has 1 heterocycles. The molecule has 1 amide bonds. The molecule has 1 saturated heterocycles. The molecule has 5 nitrogen and oxygen atoms in total. The summed E-state index contributed by atoms with van der Waals surface area (Å²) in [6.07, 6.45) is 22.3. The van der Waals surface area contributed by atoms with Crippen LogP contribution in [-0.4, -0.2) is 42.5 Å². The van der Waals surface area contributed by atoms with Crippen LogP contribution in [0.1, 0.15) is 123 Å². The number of rotatable bonds is 19. The zero-order valence-corrected chi connectivity index (χ0v) is 20.4. The molecule has 1 aliphatic heterocycles. The maximum absolute atomic E-state index is 12.4. The number of hydrogen-bond donors (Lipinski definition) is 0. The predicted molar refractivity (Wildman–Crippen MR) is 129 cm³/mol. The van der Waals surface area contributed by atoms with Gasteiger partial charge < -0.3 is 9.74 Å². The molecule has 0 unspecified atom stereocenters. The van der Waals surface area contributed by atoms with E-state index >= 15 is 0 Å². The quantitative estimate of drug-likeness (QED) is 0.129. The van der Waals surface area contributed by atoms with E-state index in [4.69, 9.17) is 4.84 Å². The maximum Gasteiger partial charge on any atom is 0.222 e. The lowest BCUT2D eigenvalue weighted by atomic mass is 9.93. The summed E-state index contributed by atoms with van der Waals surface area (Å²) in [6.45, 7) is 6.02. The van der Waals surface area contributed by atoms with Crippen LogP contribution in [-0.2, 0) is 14.4 Å². The fourth-order valence-corrected chi connectivity index (χ4v) is 4.31. The number of likely N-dealkylation sites (tertiary alicyclic amines) is 1. The standard InChI is InChI=1S/C26H48N2O3/c1-3-4-5-6-7-8-9-10-11-12-13-14-15-16-26(30)28-20-17-25(18-21-28)19-22-31-27-23-24(2)29/h23,25H,3-22H2,1-2H3/b27-23+.